The van der Waals surface area contributed by atoms with E-state index < -0.39 is 83.5 Å². The fourth-order valence-electron chi connectivity index (χ4n) is 5.53. The number of hydrogen-bond donors (Lipinski definition) is 6. The second-order valence-electron chi connectivity index (χ2n) is 10.6. The predicted octanol–water partition coefficient (Wildman–Crippen LogP) is 1.25. The summed E-state index contributed by atoms with van der Waals surface area (Å²) >= 11 is 18.6. The number of ether oxygens (including phenoxy) is 2. The van der Waals surface area contributed by atoms with Crippen molar-refractivity contribution in [1.82, 2.24) is 29.1 Å². The second-order valence-corrected chi connectivity index (χ2v) is 14.5. The van der Waals surface area contributed by atoms with Crippen LogP contribution in [0.1, 0.15) is 12.5 Å². The summed E-state index contributed by atoms with van der Waals surface area (Å²) in [6.07, 6.45) is -11.9. The van der Waals surface area contributed by atoms with Crippen LogP contribution >= 0.6 is 50.4 Å². The zero-order valence-electron chi connectivity index (χ0n) is 23.1. The average Bonchev–Trinajstić information content (AvgIpc) is 3.70. The highest BCUT2D eigenvalue weighted by Crippen LogP contribution is 2.54. The number of phosphoric ester groups is 2. The molecule has 0 spiro atoms. The number of imidazole rings is 2. The number of halogens is 3. The smallest absolute Gasteiger partial charge is 0.387 e. The first-order valence-electron chi connectivity index (χ1n) is 13.4. The van der Waals surface area contributed by atoms with Crippen molar-refractivity contribution in [3.8, 4) is 0 Å². The van der Waals surface area contributed by atoms with E-state index >= 15 is 0 Å². The van der Waals surface area contributed by atoms with Gasteiger partial charge in [-0.25, -0.2) is 19.1 Å². The van der Waals surface area contributed by atoms with Crippen LogP contribution in [0.4, 0.5) is 5.95 Å². The number of nitrogens with one attached hydrogen (secondary N) is 1. The van der Waals surface area contributed by atoms with Gasteiger partial charge in [0.25, 0.3) is 5.56 Å². The summed E-state index contributed by atoms with van der Waals surface area (Å²) in [5.41, 5.74) is 5.15. The van der Waals surface area contributed by atoms with E-state index in [2.05, 4.69) is 19.9 Å². The number of aliphatic hydroxyl groups is 2. The van der Waals surface area contributed by atoms with E-state index in [0.717, 1.165) is 10.9 Å². The molecule has 20 nitrogen and oxygen atoms in total. The molecule has 47 heavy (non-hydrogen) atoms. The maximum absolute atomic E-state index is 13.3. The van der Waals surface area contributed by atoms with Crippen molar-refractivity contribution < 1.29 is 56.7 Å². The summed E-state index contributed by atoms with van der Waals surface area (Å²) in [4.78, 5) is 48.1. The topological polar surface area (TPSA) is 278 Å². The van der Waals surface area contributed by atoms with Crippen molar-refractivity contribution >= 4 is 78.6 Å². The lowest BCUT2D eigenvalue weighted by Gasteiger charge is -2.25. The van der Waals surface area contributed by atoms with E-state index in [1.54, 1.807) is 0 Å². The van der Waals surface area contributed by atoms with Crippen LogP contribution in [0.3, 0.4) is 0 Å². The number of aromatic nitrogens is 6. The highest BCUT2D eigenvalue weighted by atomic mass is 35.5. The number of nitrogens with zero attached hydrogens (tertiary/aromatic N) is 5. The normalized spacial score (nSPS) is 36.7. The molecule has 0 radical (unpaired) electrons. The minimum absolute atomic E-state index is 0.116. The molecule has 4 unspecified atom stereocenters. The standard InChI is InChI=1S/C22H22Cl3N7O13P2/c23-6-1-8-9(2-7(6)24)32(21(25)28-8)19-14(34)15-11(43-19)4-41-47(38,39)45-16-13(33)10(3-40-46(36,37)44-15)42-20(16)31-5-27-12-17(31)29-22(26)30-18(12)35/h1-2,5,10-11,13-16,19-20,33-34H,3-4H2,(H,36,37)(H,38,39)(H3,26,29,30,35)/t10-,11-,13?,14?,15+,16+,19-,20-/m1/s1. The van der Waals surface area contributed by atoms with Crippen molar-refractivity contribution in [3.05, 3.63) is 44.1 Å². The summed E-state index contributed by atoms with van der Waals surface area (Å²) in [7, 11) is -10.3. The quantitative estimate of drug-likeness (QED) is 0.157. The Morgan fingerprint density at radius 2 is 1.55 bits per heavy atom. The number of anilines is 1. The molecule has 25 heteroatoms. The van der Waals surface area contributed by atoms with Crippen LogP contribution in [0.25, 0.3) is 22.2 Å². The Morgan fingerprint density at radius 1 is 0.915 bits per heavy atom. The van der Waals surface area contributed by atoms with Gasteiger partial charge in [-0.3, -0.25) is 37.0 Å². The SMILES string of the molecule is Nc1nc2c(ncn2[C@@H]2O[C@@H]3COP(=O)(O)O[C@@H]4C(O)[C@H](n5c(Cl)nc6cc(Cl)c(Cl)cc65)O[C@@H]4COP(=O)(O)O[C@H]2C3O)c(=O)[nH]1. The van der Waals surface area contributed by atoms with E-state index in [4.69, 9.17) is 68.1 Å². The van der Waals surface area contributed by atoms with E-state index in [1.807, 2.05) is 0 Å². The van der Waals surface area contributed by atoms with E-state index in [-0.39, 0.29) is 43.5 Å². The summed E-state index contributed by atoms with van der Waals surface area (Å²) in [6.45, 7) is -1.71. The van der Waals surface area contributed by atoms with Crippen LogP contribution in [-0.2, 0) is 36.7 Å². The van der Waals surface area contributed by atoms with Gasteiger partial charge in [-0.2, -0.15) is 4.98 Å². The Morgan fingerprint density at radius 3 is 2.28 bits per heavy atom. The third kappa shape index (κ3) is 6.01. The van der Waals surface area contributed by atoms with E-state index in [1.165, 1.54) is 16.7 Å². The van der Waals surface area contributed by atoms with Gasteiger partial charge >= 0.3 is 15.6 Å². The van der Waals surface area contributed by atoms with Crippen molar-refractivity contribution in [3.63, 3.8) is 0 Å². The fraction of sp³-hybridized carbons (Fsp3) is 0.455. The molecule has 6 heterocycles. The van der Waals surface area contributed by atoms with Crippen LogP contribution in [0.15, 0.2) is 23.3 Å². The van der Waals surface area contributed by atoms with Gasteiger partial charge in [-0.1, -0.05) is 23.2 Å². The number of nitrogen functional groups attached to an aromatic ring is 1. The summed E-state index contributed by atoms with van der Waals surface area (Å²) in [5, 5.41) is 22.4. The average molecular weight is 761 g/mol. The number of H-pyrrole nitrogens is 1. The molecular formula is C22H22Cl3N7O13P2. The first-order chi connectivity index (χ1) is 22.1. The van der Waals surface area contributed by atoms with E-state index in [0.29, 0.717) is 0 Å². The summed E-state index contributed by atoms with van der Waals surface area (Å²) in [6, 6.07) is 2.81. The molecule has 3 fully saturated rings. The third-order valence-corrected chi connectivity index (χ3v) is 10.6. The van der Waals surface area contributed by atoms with Crippen molar-refractivity contribution in [1.29, 1.82) is 0 Å². The zero-order valence-corrected chi connectivity index (χ0v) is 27.1. The van der Waals surface area contributed by atoms with Gasteiger partial charge in [0.05, 0.1) is 40.6 Å². The Labute approximate surface area is 276 Å². The van der Waals surface area contributed by atoms with Crippen molar-refractivity contribution in [2.75, 3.05) is 18.9 Å². The molecule has 7 N–H and O–H groups in total. The van der Waals surface area contributed by atoms with Crippen molar-refractivity contribution in [2.45, 2.75) is 49.1 Å². The molecule has 3 aliphatic rings. The Balaban J connectivity index is 1.22. The maximum Gasteiger partial charge on any atom is 0.472 e. The third-order valence-electron chi connectivity index (χ3n) is 7.60. The maximum atomic E-state index is 13.3. The molecule has 3 aromatic heterocycles. The lowest BCUT2D eigenvalue weighted by molar-refractivity contribution is -0.0671. The largest absolute Gasteiger partial charge is 0.472 e. The molecule has 3 aliphatic heterocycles. The number of nitrogens with two attached hydrogens (primary N) is 1. The fourth-order valence-corrected chi connectivity index (χ4v) is 8.02. The highest BCUT2D eigenvalue weighted by Gasteiger charge is 2.54. The van der Waals surface area contributed by atoms with Gasteiger partial charge in [-0.15, -0.1) is 0 Å². The molecule has 0 aliphatic carbocycles. The first-order valence-corrected chi connectivity index (χ1v) is 17.5. The Kier molecular flexibility index (Phi) is 8.48. The molecule has 0 saturated carbocycles. The first kappa shape index (κ1) is 33.3. The summed E-state index contributed by atoms with van der Waals surface area (Å²) in [5.74, 6) is -0.291. The van der Waals surface area contributed by atoms with Gasteiger partial charge in [0.1, 0.15) is 36.6 Å². The molecular weight excluding hydrogens is 739 g/mol. The molecule has 7 rings (SSSR count). The van der Waals surface area contributed by atoms with Crippen LogP contribution in [0, 0.1) is 0 Å². The lowest BCUT2D eigenvalue weighted by Crippen LogP contribution is -2.36. The minimum Gasteiger partial charge on any atom is -0.387 e. The molecule has 4 aromatic rings. The molecule has 1 aromatic carbocycles. The lowest BCUT2D eigenvalue weighted by atomic mass is 10.1. The number of aromatic amines is 1. The van der Waals surface area contributed by atoms with Crippen molar-refractivity contribution in [2.24, 2.45) is 0 Å². The minimum atomic E-state index is -5.15. The monoisotopic (exact) mass is 759 g/mol. The number of phosphoric acid groups is 2. The van der Waals surface area contributed by atoms with Crippen LogP contribution in [0.5, 0.6) is 0 Å². The summed E-state index contributed by atoms with van der Waals surface area (Å²) < 4.78 is 61.3. The zero-order chi connectivity index (χ0) is 33.6. The van der Waals surface area contributed by atoms with Crippen LogP contribution in [-0.4, -0.2) is 98.9 Å². The Bertz CT molecular complexity index is 2050. The predicted molar refractivity (Wildman–Crippen MR) is 158 cm³/mol. The number of fused-ring (bicyclic) bond motifs is 5. The van der Waals surface area contributed by atoms with E-state index in [9.17, 15) is 33.9 Å². The molecule has 0 amide bonds. The second kappa shape index (κ2) is 12.0. The molecule has 2 bridgehead atoms. The molecule has 3 saturated heterocycles. The molecule has 10 atom stereocenters. The number of rotatable bonds is 2. The Hall–Kier alpha value is -2.23. The number of hydrogen-bond acceptors (Lipinski definition) is 15. The van der Waals surface area contributed by atoms with Crippen LogP contribution in [0.2, 0.25) is 15.3 Å². The van der Waals surface area contributed by atoms with Gasteiger partial charge < -0.3 is 35.2 Å². The number of benzene rings is 1. The van der Waals surface area contributed by atoms with Gasteiger partial charge in [0.2, 0.25) is 11.2 Å². The van der Waals surface area contributed by atoms with Gasteiger partial charge in [-0.05, 0) is 23.7 Å². The molecule has 254 valence electrons. The highest BCUT2D eigenvalue weighted by molar-refractivity contribution is 7.47. The van der Waals surface area contributed by atoms with Gasteiger partial charge in [0.15, 0.2) is 23.6 Å². The van der Waals surface area contributed by atoms with Crippen LogP contribution < -0.4 is 11.3 Å². The number of aliphatic hydroxyl groups excluding tert-OH is 2. The van der Waals surface area contributed by atoms with Gasteiger partial charge in [0, 0.05) is 0 Å².